The molecule has 0 aliphatic carbocycles. The fraction of sp³-hybridized carbons (Fsp3) is 0.500. The third-order valence-corrected chi connectivity index (χ3v) is 5.21. The van der Waals surface area contributed by atoms with Crippen LogP contribution in [0.25, 0.3) is 0 Å². The zero-order valence-electron chi connectivity index (χ0n) is 12.2. The van der Waals surface area contributed by atoms with Crippen LogP contribution in [0.5, 0.6) is 0 Å². The first-order valence-electron chi connectivity index (χ1n) is 6.91. The number of nitrogens with one attached hydrogen (secondary N) is 1. The molecule has 1 heterocycles. The summed E-state index contributed by atoms with van der Waals surface area (Å²) in [4.78, 5) is 13.7. The zero-order chi connectivity index (χ0) is 15.6. The van der Waals surface area contributed by atoms with Gasteiger partial charge in [0.15, 0.2) is 0 Å². The molecule has 1 saturated heterocycles. The van der Waals surface area contributed by atoms with Gasteiger partial charge in [0.2, 0.25) is 10.0 Å². The second-order valence-electron chi connectivity index (χ2n) is 5.47. The van der Waals surface area contributed by atoms with Crippen LogP contribution in [0.1, 0.15) is 30.5 Å². The molecule has 0 spiro atoms. The number of nitrogens with two attached hydrogens (primary N) is 1. The van der Waals surface area contributed by atoms with Crippen LogP contribution < -0.4 is 10.5 Å². The maximum atomic E-state index is 12.2. The third-order valence-electron chi connectivity index (χ3n) is 3.89. The van der Waals surface area contributed by atoms with Crippen molar-refractivity contribution in [3.8, 4) is 0 Å². The third kappa shape index (κ3) is 3.74. The minimum Gasteiger partial charge on any atom is -0.331 e. The van der Waals surface area contributed by atoms with Crippen molar-refractivity contribution in [1.29, 1.82) is 0 Å². The number of likely N-dealkylation sites (tertiary alicyclic amines) is 1. The van der Waals surface area contributed by atoms with Crippen molar-refractivity contribution in [2.45, 2.75) is 31.6 Å². The van der Waals surface area contributed by atoms with E-state index in [1.807, 2.05) is 38.1 Å². The van der Waals surface area contributed by atoms with Crippen LogP contribution in [-0.4, -0.2) is 37.7 Å². The summed E-state index contributed by atoms with van der Waals surface area (Å²) >= 11 is 0. The molecule has 1 aliphatic heterocycles. The highest BCUT2D eigenvalue weighted by atomic mass is 32.2. The smallest absolute Gasteiger partial charge is 0.317 e. The molecule has 3 N–H and O–H groups in total. The predicted octanol–water partition coefficient (Wildman–Crippen LogP) is 1.13. The number of hydrogen-bond acceptors (Lipinski definition) is 3. The molecule has 2 atom stereocenters. The fourth-order valence-corrected chi connectivity index (χ4v) is 3.43. The number of benzene rings is 1. The number of hydrogen-bond donors (Lipinski definition) is 2. The van der Waals surface area contributed by atoms with E-state index in [1.54, 1.807) is 0 Å². The lowest BCUT2D eigenvalue weighted by Crippen LogP contribution is -2.41. The van der Waals surface area contributed by atoms with E-state index >= 15 is 0 Å². The van der Waals surface area contributed by atoms with E-state index in [-0.39, 0.29) is 18.6 Å². The topological polar surface area (TPSA) is 92.5 Å². The molecule has 1 aromatic carbocycles. The first-order chi connectivity index (χ1) is 9.79. The van der Waals surface area contributed by atoms with Gasteiger partial charge in [-0.15, -0.1) is 0 Å². The molecule has 0 saturated carbocycles. The van der Waals surface area contributed by atoms with E-state index in [0.717, 1.165) is 11.1 Å². The Kier molecular flexibility index (Phi) is 4.53. The van der Waals surface area contributed by atoms with Crippen LogP contribution in [-0.2, 0) is 10.0 Å². The maximum Gasteiger partial charge on any atom is 0.317 e. The minimum atomic E-state index is -3.58. The first kappa shape index (κ1) is 15.8. The monoisotopic (exact) mass is 311 g/mol. The molecule has 1 fully saturated rings. The predicted molar refractivity (Wildman–Crippen MR) is 81.2 cm³/mol. The molecule has 0 aromatic heterocycles. The standard InChI is InChI=1S/C14H21N3O3S/c1-10-5-3-4-6-13(10)11(2)16-14(18)17-8-7-12(9-17)21(15,19)20/h3-6,11-12H,7-9H2,1-2H3,(H,16,18)(H2,15,19,20). The van der Waals surface area contributed by atoms with Gasteiger partial charge in [0.05, 0.1) is 11.3 Å². The van der Waals surface area contributed by atoms with Gasteiger partial charge in [-0.25, -0.2) is 18.4 Å². The Morgan fingerprint density at radius 1 is 1.43 bits per heavy atom. The molecular formula is C14H21N3O3S. The summed E-state index contributed by atoms with van der Waals surface area (Å²) in [5.74, 6) is 0. The van der Waals surface area contributed by atoms with Crippen LogP contribution in [0.2, 0.25) is 0 Å². The summed E-state index contributed by atoms with van der Waals surface area (Å²) in [7, 11) is -3.58. The van der Waals surface area contributed by atoms with Gasteiger partial charge >= 0.3 is 6.03 Å². The first-order valence-corrected chi connectivity index (χ1v) is 8.52. The quantitative estimate of drug-likeness (QED) is 0.876. The summed E-state index contributed by atoms with van der Waals surface area (Å²) in [6.07, 6.45) is 0.394. The van der Waals surface area contributed by atoms with Gasteiger partial charge in [-0.1, -0.05) is 24.3 Å². The molecule has 0 bridgehead atoms. The average molecular weight is 311 g/mol. The second-order valence-corrected chi connectivity index (χ2v) is 7.32. The normalized spacial score (nSPS) is 20.3. The molecule has 7 heteroatoms. The Morgan fingerprint density at radius 2 is 2.10 bits per heavy atom. The van der Waals surface area contributed by atoms with Gasteiger partial charge in [0, 0.05) is 13.1 Å². The average Bonchev–Trinajstić information content (AvgIpc) is 2.88. The molecule has 1 aliphatic rings. The van der Waals surface area contributed by atoms with Gasteiger partial charge in [0.1, 0.15) is 0 Å². The Labute approximate surface area is 125 Å². The lowest BCUT2D eigenvalue weighted by molar-refractivity contribution is 0.205. The van der Waals surface area contributed by atoms with Crippen LogP contribution in [0.15, 0.2) is 24.3 Å². The molecule has 21 heavy (non-hydrogen) atoms. The van der Waals surface area contributed by atoms with Crippen LogP contribution in [0.4, 0.5) is 4.79 Å². The highest BCUT2D eigenvalue weighted by Crippen LogP contribution is 2.19. The number of carbonyl (C=O) groups is 1. The van der Waals surface area contributed by atoms with E-state index < -0.39 is 15.3 Å². The number of primary sulfonamides is 1. The maximum absolute atomic E-state index is 12.2. The number of aryl methyl sites for hydroxylation is 1. The molecule has 116 valence electrons. The summed E-state index contributed by atoms with van der Waals surface area (Å²) in [5.41, 5.74) is 2.15. The van der Waals surface area contributed by atoms with Crippen molar-refractivity contribution in [1.82, 2.24) is 10.2 Å². The summed E-state index contributed by atoms with van der Waals surface area (Å²) < 4.78 is 22.6. The summed E-state index contributed by atoms with van der Waals surface area (Å²) in [6, 6.07) is 7.45. The fourth-order valence-electron chi connectivity index (χ4n) is 2.61. The molecule has 0 radical (unpaired) electrons. The number of carbonyl (C=O) groups excluding carboxylic acids is 1. The Morgan fingerprint density at radius 3 is 2.67 bits per heavy atom. The lowest BCUT2D eigenvalue weighted by atomic mass is 10.0. The number of amides is 2. The SMILES string of the molecule is Cc1ccccc1C(C)NC(=O)N1CCC(S(N)(=O)=O)C1. The number of nitrogens with zero attached hydrogens (tertiary/aromatic N) is 1. The van der Waals surface area contributed by atoms with Crippen LogP contribution >= 0.6 is 0 Å². The van der Waals surface area contributed by atoms with Crippen molar-refractivity contribution in [3.63, 3.8) is 0 Å². The van der Waals surface area contributed by atoms with Gasteiger partial charge in [-0.3, -0.25) is 0 Å². The summed E-state index contributed by atoms with van der Waals surface area (Å²) in [6.45, 7) is 4.47. The van der Waals surface area contributed by atoms with Crippen LogP contribution in [0, 0.1) is 6.92 Å². The van der Waals surface area contributed by atoms with E-state index in [4.69, 9.17) is 5.14 Å². The zero-order valence-corrected chi connectivity index (χ0v) is 13.1. The Balaban J connectivity index is 1.98. The van der Waals surface area contributed by atoms with Crippen molar-refractivity contribution in [2.75, 3.05) is 13.1 Å². The van der Waals surface area contributed by atoms with Crippen molar-refractivity contribution in [2.24, 2.45) is 5.14 Å². The molecular weight excluding hydrogens is 290 g/mol. The highest BCUT2D eigenvalue weighted by Gasteiger charge is 2.33. The van der Waals surface area contributed by atoms with Gasteiger partial charge in [0.25, 0.3) is 0 Å². The van der Waals surface area contributed by atoms with E-state index in [9.17, 15) is 13.2 Å². The van der Waals surface area contributed by atoms with E-state index in [2.05, 4.69) is 5.32 Å². The minimum absolute atomic E-state index is 0.132. The highest BCUT2D eigenvalue weighted by molar-refractivity contribution is 7.89. The van der Waals surface area contributed by atoms with E-state index in [0.29, 0.717) is 13.0 Å². The van der Waals surface area contributed by atoms with Crippen molar-refractivity contribution >= 4 is 16.1 Å². The number of rotatable bonds is 3. The molecule has 2 unspecified atom stereocenters. The summed E-state index contributed by atoms with van der Waals surface area (Å²) in [5, 5.41) is 7.38. The number of sulfonamides is 1. The second kappa shape index (κ2) is 6.03. The number of urea groups is 1. The molecule has 6 nitrogen and oxygen atoms in total. The Bertz CT molecular complexity index is 630. The molecule has 2 amide bonds. The van der Waals surface area contributed by atoms with Gasteiger partial charge < -0.3 is 10.2 Å². The lowest BCUT2D eigenvalue weighted by Gasteiger charge is -2.22. The van der Waals surface area contributed by atoms with Crippen molar-refractivity contribution < 1.29 is 13.2 Å². The Hall–Kier alpha value is -1.60. The van der Waals surface area contributed by atoms with E-state index in [1.165, 1.54) is 4.90 Å². The van der Waals surface area contributed by atoms with Gasteiger partial charge in [-0.05, 0) is 31.4 Å². The van der Waals surface area contributed by atoms with Crippen LogP contribution in [0.3, 0.4) is 0 Å². The largest absolute Gasteiger partial charge is 0.331 e. The molecule has 2 rings (SSSR count). The van der Waals surface area contributed by atoms with Crippen molar-refractivity contribution in [3.05, 3.63) is 35.4 Å². The van der Waals surface area contributed by atoms with Gasteiger partial charge in [-0.2, -0.15) is 0 Å². The molecule has 1 aromatic rings.